The summed E-state index contributed by atoms with van der Waals surface area (Å²) in [5, 5.41) is 14.7. The summed E-state index contributed by atoms with van der Waals surface area (Å²) in [5.74, 6) is -1.71. The first kappa shape index (κ1) is 52.9. The number of carbonyl (C=O) groups excluding carboxylic acids is 4. The first-order valence-electron chi connectivity index (χ1n) is 18.7. The molecule has 2 aromatic carbocycles. The first-order chi connectivity index (χ1) is 29.9. The summed E-state index contributed by atoms with van der Waals surface area (Å²) in [7, 11) is -3.71. The Kier molecular flexibility index (Phi) is 19.4. The van der Waals surface area contributed by atoms with E-state index in [0.29, 0.717) is 40.6 Å². The highest BCUT2D eigenvalue weighted by molar-refractivity contribution is 7.94. The van der Waals surface area contributed by atoms with Gasteiger partial charge in [-0.3, -0.25) is 34.2 Å². The highest BCUT2D eigenvalue weighted by atomic mass is 32.2. The summed E-state index contributed by atoms with van der Waals surface area (Å²) in [6, 6.07) is 7.39. The van der Waals surface area contributed by atoms with Gasteiger partial charge in [-0.25, -0.2) is 13.7 Å². The molecule has 1 aliphatic carbocycles. The normalized spacial score (nSPS) is 15.3. The topological polar surface area (TPSA) is 232 Å². The largest absolute Gasteiger partial charge is 0.778 e. The van der Waals surface area contributed by atoms with Gasteiger partial charge in [0.05, 0.1) is 49.5 Å². The molecule has 348 valence electrons. The van der Waals surface area contributed by atoms with E-state index in [2.05, 4.69) is 34.9 Å². The van der Waals surface area contributed by atoms with Crippen molar-refractivity contribution in [2.75, 3.05) is 66.1 Å². The molecule has 0 saturated carbocycles. The van der Waals surface area contributed by atoms with Crippen LogP contribution in [0.3, 0.4) is 0 Å². The molecule has 3 heterocycles. The minimum atomic E-state index is -4.61. The van der Waals surface area contributed by atoms with Crippen molar-refractivity contribution < 1.29 is 74.9 Å². The third kappa shape index (κ3) is 15.4. The van der Waals surface area contributed by atoms with Crippen molar-refractivity contribution in [3.63, 3.8) is 0 Å². The third-order valence-corrected chi connectivity index (χ3v) is 9.80. The Bertz CT molecular complexity index is 2270. The second-order valence-electron chi connectivity index (χ2n) is 14.2. The second kappa shape index (κ2) is 23.5. The average molecular weight is 963 g/mol. The SMILES string of the molecule is C#CCN1C(=O)COc2cc(F)c(N3C(=O)C4=C(CCCC4)C3=O)cc21.CC(C)N(C(=O)COc1nnc(C(F)(F)F)s1)c1ccc(F)cc1.C[S+](C)C.O=C(O)CNCP(=O)([O-])O. The second-order valence-corrected chi connectivity index (χ2v) is 19.2. The van der Waals surface area contributed by atoms with Crippen LogP contribution in [0.1, 0.15) is 44.5 Å². The molecule has 25 heteroatoms. The maximum absolute atomic E-state index is 14.7. The zero-order valence-electron chi connectivity index (χ0n) is 34.9. The molecular formula is C39H44F5N6O11PS2. The maximum atomic E-state index is 14.7. The molecule has 0 bridgehead atoms. The van der Waals surface area contributed by atoms with Crippen molar-refractivity contribution in [1.82, 2.24) is 15.5 Å². The number of imide groups is 1. The number of aromatic nitrogens is 2. The quantitative estimate of drug-likeness (QED) is 0.0808. The monoisotopic (exact) mass is 962 g/mol. The molecule has 0 spiro atoms. The Morgan fingerprint density at radius 2 is 1.64 bits per heavy atom. The van der Waals surface area contributed by atoms with Crippen molar-refractivity contribution in [2.24, 2.45) is 0 Å². The molecule has 3 N–H and O–H groups in total. The zero-order valence-corrected chi connectivity index (χ0v) is 37.5. The molecule has 64 heavy (non-hydrogen) atoms. The lowest BCUT2D eigenvalue weighted by molar-refractivity contribution is -0.193. The predicted molar refractivity (Wildman–Crippen MR) is 226 cm³/mol. The number of ether oxygens (including phenoxy) is 2. The van der Waals surface area contributed by atoms with Gasteiger partial charge in [-0.1, -0.05) is 22.4 Å². The van der Waals surface area contributed by atoms with Gasteiger partial charge in [0.15, 0.2) is 19.0 Å². The number of hydrogen-bond acceptors (Lipinski definition) is 13. The number of anilines is 3. The Balaban J connectivity index is 0.000000265. The van der Waals surface area contributed by atoms with E-state index in [0.717, 1.165) is 23.8 Å². The van der Waals surface area contributed by atoms with E-state index in [1.165, 1.54) is 40.1 Å². The van der Waals surface area contributed by atoms with Crippen molar-refractivity contribution in [1.29, 1.82) is 0 Å². The van der Waals surface area contributed by atoms with Crippen molar-refractivity contribution in [2.45, 2.75) is 51.7 Å². The lowest BCUT2D eigenvalue weighted by Crippen LogP contribution is -2.40. The zero-order chi connectivity index (χ0) is 48.1. The number of carboxylic acid groups (broad SMARTS) is 1. The highest BCUT2D eigenvalue weighted by Crippen LogP contribution is 2.42. The van der Waals surface area contributed by atoms with Gasteiger partial charge in [-0.2, -0.15) is 13.2 Å². The molecule has 1 unspecified atom stereocenters. The molecule has 4 amide bonds. The minimum Gasteiger partial charge on any atom is -0.778 e. The third-order valence-electron chi connectivity index (χ3n) is 8.30. The van der Waals surface area contributed by atoms with Gasteiger partial charge in [-0.05, 0) is 80.8 Å². The average Bonchev–Trinajstić information content (AvgIpc) is 3.78. The number of hydrogen-bond donors (Lipinski definition) is 3. The van der Waals surface area contributed by atoms with Crippen molar-refractivity contribution >= 4 is 76.5 Å². The van der Waals surface area contributed by atoms with Crippen molar-refractivity contribution in [3.05, 3.63) is 64.2 Å². The number of amides is 4. The number of nitrogens with zero attached hydrogens (tertiary/aromatic N) is 5. The van der Waals surface area contributed by atoms with Gasteiger partial charge in [0.25, 0.3) is 28.8 Å². The highest BCUT2D eigenvalue weighted by Gasteiger charge is 2.42. The Morgan fingerprint density at radius 1 is 1.06 bits per heavy atom. The Labute approximate surface area is 371 Å². The number of carboxylic acids is 1. The molecule has 0 radical (unpaired) electrons. The first-order valence-corrected chi connectivity index (χ1v) is 23.8. The van der Waals surface area contributed by atoms with Crippen molar-refractivity contribution in [3.8, 4) is 23.3 Å². The van der Waals surface area contributed by atoms with E-state index < -0.39 is 73.5 Å². The molecular weight excluding hydrogens is 919 g/mol. The summed E-state index contributed by atoms with van der Waals surface area (Å²) >= 11 is 0.210. The van der Waals surface area contributed by atoms with E-state index in [-0.39, 0.29) is 58.8 Å². The summed E-state index contributed by atoms with van der Waals surface area (Å²) < 4.78 is 85.2. The summed E-state index contributed by atoms with van der Waals surface area (Å²) in [6.45, 7) is 2.23. The van der Waals surface area contributed by atoms with Gasteiger partial charge in [-0.15, -0.1) is 11.5 Å². The minimum absolute atomic E-state index is 0.0170. The smallest absolute Gasteiger partial charge is 0.445 e. The fourth-order valence-corrected chi connectivity index (χ4v) is 6.77. The molecule has 0 fully saturated rings. The van der Waals surface area contributed by atoms with E-state index in [1.54, 1.807) is 13.8 Å². The Morgan fingerprint density at radius 3 is 2.12 bits per heavy atom. The van der Waals surface area contributed by atoms with Crippen LogP contribution in [0.25, 0.3) is 0 Å². The van der Waals surface area contributed by atoms with Crippen LogP contribution in [0.15, 0.2) is 47.5 Å². The molecule has 3 aliphatic rings. The van der Waals surface area contributed by atoms with E-state index in [9.17, 15) is 55.4 Å². The standard InChI is InChI=1S/C19H15FN2O4.C14H13F4N3O2S.C3H8NO5P.C3H9S/c1-2-7-21-15-9-14(13(20)8-16(15)26-10-17(21)23)22-18(24)11-5-3-4-6-12(11)19(22)25;1-8(2)21(10-5-3-9(15)4-6-10)11(22)7-23-13-20-19-12(24-13)14(16,17)18;5-3(6)1-4-2-10(7,8)9;1-4(2)3/h1,8-9H,3-7,10H2;3-6,8H,7H2,1-2H3;4H,1-2H2,(H,5,6)(H2,7,8,9);1-3H3/q;;;+1/p-1. The van der Waals surface area contributed by atoms with E-state index in [4.69, 9.17) is 25.9 Å². The van der Waals surface area contributed by atoms with Crippen LogP contribution in [-0.2, 0) is 45.6 Å². The molecule has 1 atom stereocenters. The van der Waals surface area contributed by atoms with Crippen LogP contribution < -0.4 is 34.4 Å². The number of terminal acetylenes is 1. The fourth-order valence-electron chi connectivity index (χ4n) is 5.82. The number of nitrogens with one attached hydrogen (secondary N) is 1. The van der Waals surface area contributed by atoms with Crippen LogP contribution in [-0.4, -0.2) is 107 Å². The molecule has 1 aromatic heterocycles. The lowest BCUT2D eigenvalue weighted by Gasteiger charge is -2.29. The number of alkyl halides is 3. The number of aliphatic carboxylic acids is 1. The van der Waals surface area contributed by atoms with Gasteiger partial charge >= 0.3 is 12.1 Å². The van der Waals surface area contributed by atoms with E-state index in [1.807, 2.05) is 5.32 Å². The van der Waals surface area contributed by atoms with Crippen LogP contribution in [0.4, 0.5) is 39.0 Å². The van der Waals surface area contributed by atoms with Gasteiger partial charge < -0.3 is 33.8 Å². The molecule has 0 saturated heterocycles. The fraction of sp³-hybridized carbons (Fsp3) is 0.410. The summed E-state index contributed by atoms with van der Waals surface area (Å²) in [6.07, 6.45) is 9.28. The summed E-state index contributed by atoms with van der Waals surface area (Å²) in [5.41, 5.74) is 1.44. The number of carbonyl (C=O) groups is 5. The van der Waals surface area contributed by atoms with Crippen LogP contribution >= 0.6 is 18.9 Å². The molecule has 3 aromatic rings. The summed E-state index contributed by atoms with van der Waals surface area (Å²) in [4.78, 5) is 81.0. The Hall–Kier alpha value is -5.44. The van der Waals surface area contributed by atoms with Crippen LogP contribution in [0.2, 0.25) is 0 Å². The van der Waals surface area contributed by atoms with Crippen LogP contribution in [0.5, 0.6) is 10.9 Å². The number of rotatable bonds is 11. The van der Waals surface area contributed by atoms with Gasteiger partial charge in [0.2, 0.25) is 5.01 Å². The lowest BCUT2D eigenvalue weighted by atomic mass is 9.93. The van der Waals surface area contributed by atoms with Gasteiger partial charge in [0.1, 0.15) is 19.2 Å². The predicted octanol–water partition coefficient (Wildman–Crippen LogP) is 4.10. The molecule has 17 nitrogen and oxygen atoms in total. The number of benzene rings is 2. The molecule has 6 rings (SSSR count). The van der Waals surface area contributed by atoms with Crippen LogP contribution in [0, 0.1) is 24.0 Å². The van der Waals surface area contributed by atoms with Gasteiger partial charge in [0, 0.05) is 28.9 Å². The van der Waals surface area contributed by atoms with E-state index >= 15 is 0 Å². The molecule has 2 aliphatic heterocycles. The number of fused-ring (bicyclic) bond motifs is 1. The number of halogens is 5. The maximum Gasteiger partial charge on any atom is 0.445 e.